The number of nitriles is 1. The molecule has 0 N–H and O–H groups in total. The summed E-state index contributed by atoms with van der Waals surface area (Å²) in [5.41, 5.74) is 2.62. The van der Waals surface area contributed by atoms with Crippen molar-refractivity contribution in [2.45, 2.75) is 13.5 Å². The minimum atomic E-state index is 0.674. The molecule has 2 rings (SSSR count). The van der Waals surface area contributed by atoms with E-state index in [-0.39, 0.29) is 0 Å². The number of thiazole rings is 1. The lowest BCUT2D eigenvalue weighted by molar-refractivity contribution is 0.888. The molecular weight excluding hydrogens is 310 g/mol. The second-order valence-corrected chi connectivity index (χ2v) is 5.97. The summed E-state index contributed by atoms with van der Waals surface area (Å²) in [7, 11) is 1.97. The summed E-state index contributed by atoms with van der Waals surface area (Å²) >= 11 is 5.08. The van der Waals surface area contributed by atoms with Crippen LogP contribution in [-0.2, 0) is 6.54 Å². The molecule has 2 aromatic rings. The van der Waals surface area contributed by atoms with E-state index in [1.54, 1.807) is 11.3 Å². The van der Waals surface area contributed by atoms with Gasteiger partial charge in [0.2, 0.25) is 0 Å². The maximum atomic E-state index is 9.12. The SMILES string of the molecule is Cc1nc(CN(C)c2cc(Br)ccc2C#N)cs1. The van der Waals surface area contributed by atoms with Crippen molar-refractivity contribution >= 4 is 33.0 Å². The summed E-state index contributed by atoms with van der Waals surface area (Å²) < 4.78 is 0.970. The molecule has 0 spiro atoms. The fourth-order valence-electron chi connectivity index (χ4n) is 1.72. The predicted octanol–water partition coefficient (Wildman–Crippen LogP) is 3.72. The highest BCUT2D eigenvalue weighted by molar-refractivity contribution is 9.10. The van der Waals surface area contributed by atoms with Crippen LogP contribution in [0.25, 0.3) is 0 Å². The number of nitrogens with zero attached hydrogens (tertiary/aromatic N) is 3. The van der Waals surface area contributed by atoms with Crippen LogP contribution >= 0.6 is 27.3 Å². The summed E-state index contributed by atoms with van der Waals surface area (Å²) in [5, 5.41) is 12.2. The zero-order chi connectivity index (χ0) is 13.1. The van der Waals surface area contributed by atoms with Gasteiger partial charge in [0.05, 0.1) is 28.5 Å². The van der Waals surface area contributed by atoms with Crippen molar-refractivity contribution in [1.82, 2.24) is 4.98 Å². The lowest BCUT2D eigenvalue weighted by atomic mass is 10.2. The number of rotatable bonds is 3. The molecule has 1 aromatic heterocycles. The molecule has 0 radical (unpaired) electrons. The van der Waals surface area contributed by atoms with Gasteiger partial charge >= 0.3 is 0 Å². The smallest absolute Gasteiger partial charge is 0.101 e. The number of benzene rings is 1. The van der Waals surface area contributed by atoms with Crippen LogP contribution in [0.1, 0.15) is 16.3 Å². The first-order valence-corrected chi connectivity index (χ1v) is 7.09. The molecule has 5 heteroatoms. The molecule has 92 valence electrons. The van der Waals surface area contributed by atoms with E-state index in [0.29, 0.717) is 12.1 Å². The van der Waals surface area contributed by atoms with Crippen LogP contribution in [0, 0.1) is 18.3 Å². The monoisotopic (exact) mass is 321 g/mol. The van der Waals surface area contributed by atoms with Crippen LogP contribution in [0.15, 0.2) is 28.1 Å². The summed E-state index contributed by atoms with van der Waals surface area (Å²) in [5.74, 6) is 0. The summed E-state index contributed by atoms with van der Waals surface area (Å²) in [6, 6.07) is 7.87. The second kappa shape index (κ2) is 5.51. The van der Waals surface area contributed by atoms with Crippen LogP contribution in [0.2, 0.25) is 0 Å². The van der Waals surface area contributed by atoms with E-state index in [0.717, 1.165) is 20.9 Å². The molecule has 0 atom stereocenters. The fraction of sp³-hybridized carbons (Fsp3) is 0.231. The van der Waals surface area contributed by atoms with Crippen molar-refractivity contribution in [3.63, 3.8) is 0 Å². The Hall–Kier alpha value is -1.38. The maximum absolute atomic E-state index is 9.12. The lowest BCUT2D eigenvalue weighted by Gasteiger charge is -2.19. The van der Waals surface area contributed by atoms with Crippen LogP contribution in [-0.4, -0.2) is 12.0 Å². The number of aryl methyl sites for hydroxylation is 1. The molecule has 0 aliphatic rings. The number of anilines is 1. The Kier molecular flexibility index (Phi) is 4.00. The molecule has 0 aliphatic carbocycles. The molecular formula is C13H12BrN3S. The largest absolute Gasteiger partial charge is 0.368 e. The highest BCUT2D eigenvalue weighted by Crippen LogP contribution is 2.25. The van der Waals surface area contributed by atoms with Crippen molar-refractivity contribution in [2.24, 2.45) is 0 Å². The minimum Gasteiger partial charge on any atom is -0.368 e. The van der Waals surface area contributed by atoms with E-state index in [2.05, 4.69) is 32.4 Å². The predicted molar refractivity (Wildman–Crippen MR) is 77.8 cm³/mol. The van der Waals surface area contributed by atoms with Gasteiger partial charge in [-0.25, -0.2) is 4.98 Å². The standard InChI is InChI=1S/C13H12BrN3S/c1-9-16-12(8-18-9)7-17(2)13-5-11(14)4-3-10(13)6-15/h3-5,8H,7H2,1-2H3. The van der Waals surface area contributed by atoms with E-state index < -0.39 is 0 Å². The number of aromatic nitrogens is 1. The minimum absolute atomic E-state index is 0.674. The molecule has 0 saturated carbocycles. The normalized spacial score (nSPS) is 10.1. The third kappa shape index (κ3) is 2.89. The van der Waals surface area contributed by atoms with E-state index >= 15 is 0 Å². The Bertz CT molecular complexity index is 601. The number of hydrogen-bond acceptors (Lipinski definition) is 4. The maximum Gasteiger partial charge on any atom is 0.101 e. The van der Waals surface area contributed by atoms with Crippen LogP contribution in [0.3, 0.4) is 0 Å². The summed E-state index contributed by atoms with van der Waals surface area (Å²) in [6.45, 7) is 2.70. The van der Waals surface area contributed by atoms with Crippen LogP contribution < -0.4 is 4.90 Å². The number of halogens is 1. The van der Waals surface area contributed by atoms with Gasteiger partial charge in [0.25, 0.3) is 0 Å². The molecule has 0 amide bonds. The van der Waals surface area contributed by atoms with Gasteiger partial charge in [0.1, 0.15) is 6.07 Å². The summed E-state index contributed by atoms with van der Waals surface area (Å²) in [6.07, 6.45) is 0. The molecule has 0 bridgehead atoms. The topological polar surface area (TPSA) is 39.9 Å². The molecule has 3 nitrogen and oxygen atoms in total. The second-order valence-electron chi connectivity index (χ2n) is 3.99. The molecule has 0 saturated heterocycles. The van der Waals surface area contributed by atoms with Crippen molar-refractivity contribution in [1.29, 1.82) is 5.26 Å². The molecule has 18 heavy (non-hydrogen) atoms. The van der Waals surface area contributed by atoms with E-state index in [9.17, 15) is 0 Å². The van der Waals surface area contributed by atoms with Gasteiger partial charge in [-0.3, -0.25) is 0 Å². The average Bonchev–Trinajstić information content (AvgIpc) is 2.74. The first kappa shape index (κ1) is 13.1. The highest BCUT2D eigenvalue weighted by atomic mass is 79.9. The Morgan fingerprint density at radius 1 is 1.50 bits per heavy atom. The molecule has 1 aromatic carbocycles. The molecule has 0 unspecified atom stereocenters. The lowest BCUT2D eigenvalue weighted by Crippen LogP contribution is -2.17. The quantitative estimate of drug-likeness (QED) is 0.864. The van der Waals surface area contributed by atoms with Crippen LogP contribution in [0.4, 0.5) is 5.69 Å². The van der Waals surface area contributed by atoms with Gasteiger partial charge < -0.3 is 4.90 Å². The number of hydrogen-bond donors (Lipinski definition) is 0. The Labute approximate surface area is 119 Å². The van der Waals surface area contributed by atoms with Crippen molar-refractivity contribution < 1.29 is 0 Å². The van der Waals surface area contributed by atoms with Gasteiger partial charge in [-0.1, -0.05) is 15.9 Å². The van der Waals surface area contributed by atoms with Gasteiger partial charge in [0, 0.05) is 16.9 Å². The van der Waals surface area contributed by atoms with Crippen molar-refractivity contribution in [3.8, 4) is 6.07 Å². The third-order valence-corrected chi connectivity index (χ3v) is 3.87. The van der Waals surface area contributed by atoms with Gasteiger partial charge in [-0.05, 0) is 25.1 Å². The molecule has 1 heterocycles. The third-order valence-electron chi connectivity index (χ3n) is 2.56. The molecule has 0 fully saturated rings. The van der Waals surface area contributed by atoms with Gasteiger partial charge in [-0.2, -0.15) is 5.26 Å². The van der Waals surface area contributed by atoms with Gasteiger partial charge in [0.15, 0.2) is 0 Å². The zero-order valence-electron chi connectivity index (χ0n) is 10.1. The van der Waals surface area contributed by atoms with Crippen LogP contribution in [0.5, 0.6) is 0 Å². The summed E-state index contributed by atoms with van der Waals surface area (Å²) in [4.78, 5) is 6.48. The van der Waals surface area contributed by atoms with Crippen molar-refractivity contribution in [3.05, 3.63) is 44.3 Å². The fourth-order valence-corrected chi connectivity index (χ4v) is 2.68. The van der Waals surface area contributed by atoms with Gasteiger partial charge in [-0.15, -0.1) is 11.3 Å². The Balaban J connectivity index is 2.26. The average molecular weight is 322 g/mol. The zero-order valence-corrected chi connectivity index (χ0v) is 12.5. The molecule has 0 aliphatic heterocycles. The van der Waals surface area contributed by atoms with E-state index in [1.807, 2.05) is 37.1 Å². The first-order valence-electron chi connectivity index (χ1n) is 5.42. The van der Waals surface area contributed by atoms with E-state index in [4.69, 9.17) is 5.26 Å². The van der Waals surface area contributed by atoms with Crippen molar-refractivity contribution in [2.75, 3.05) is 11.9 Å². The van der Waals surface area contributed by atoms with E-state index in [1.165, 1.54) is 0 Å². The Morgan fingerprint density at radius 3 is 2.89 bits per heavy atom. The highest BCUT2D eigenvalue weighted by Gasteiger charge is 2.10. The Morgan fingerprint density at radius 2 is 2.28 bits per heavy atom. The first-order chi connectivity index (χ1) is 8.60.